The van der Waals surface area contributed by atoms with Gasteiger partial charge < -0.3 is 20.4 Å². The van der Waals surface area contributed by atoms with Crippen LogP contribution in [-0.4, -0.2) is 27.9 Å². The van der Waals surface area contributed by atoms with Crippen LogP contribution < -0.4 is 15.4 Å². The van der Waals surface area contributed by atoms with Gasteiger partial charge in [0.25, 0.3) is 0 Å². The van der Waals surface area contributed by atoms with E-state index in [0.29, 0.717) is 6.54 Å². The number of benzene rings is 1. The van der Waals surface area contributed by atoms with Gasteiger partial charge in [0.1, 0.15) is 5.75 Å². The summed E-state index contributed by atoms with van der Waals surface area (Å²) >= 11 is 0. The first-order valence-corrected chi connectivity index (χ1v) is 8.76. The Morgan fingerprint density at radius 2 is 2.12 bits per heavy atom. The van der Waals surface area contributed by atoms with E-state index in [4.69, 9.17) is 4.74 Å². The van der Waals surface area contributed by atoms with Gasteiger partial charge in [-0.15, -0.1) is 0 Å². The van der Waals surface area contributed by atoms with Gasteiger partial charge in [-0.3, -0.25) is 4.68 Å². The zero-order valence-electron chi connectivity index (χ0n) is 15.6. The molecule has 0 unspecified atom stereocenters. The summed E-state index contributed by atoms with van der Waals surface area (Å²) in [5.41, 5.74) is 4.51. The molecule has 0 spiro atoms. The molecule has 138 valence electrons. The standard InChI is InChI=1S/C19H25N5O2/c1-5-8-24-13(3)18(12(2)23-24)22-19(25)20-11-15-9-14-10-16(26-4)6-7-17(14)21-15/h6-7,9-10,21H,5,8,11H2,1-4H3,(H2,20,22,25). The van der Waals surface area contributed by atoms with Gasteiger partial charge in [0.2, 0.25) is 0 Å². The second-order valence-corrected chi connectivity index (χ2v) is 6.32. The van der Waals surface area contributed by atoms with Crippen molar-refractivity contribution in [2.45, 2.75) is 40.3 Å². The number of aromatic nitrogens is 3. The Morgan fingerprint density at radius 1 is 1.31 bits per heavy atom. The zero-order chi connectivity index (χ0) is 18.7. The SMILES string of the molecule is CCCn1nc(C)c(NC(=O)NCc2cc3cc(OC)ccc3[nH]2)c1C. The van der Waals surface area contributed by atoms with Crippen molar-refractivity contribution in [3.05, 3.63) is 41.3 Å². The van der Waals surface area contributed by atoms with Gasteiger partial charge in [0.05, 0.1) is 30.7 Å². The molecule has 0 aliphatic heterocycles. The van der Waals surface area contributed by atoms with Gasteiger partial charge in [-0.2, -0.15) is 5.10 Å². The molecule has 7 nitrogen and oxygen atoms in total. The number of hydrogen-bond acceptors (Lipinski definition) is 3. The van der Waals surface area contributed by atoms with Crippen LogP contribution in [0.1, 0.15) is 30.4 Å². The average Bonchev–Trinajstić information content (AvgIpc) is 3.15. The third kappa shape index (κ3) is 3.66. The number of urea groups is 1. The number of anilines is 1. The summed E-state index contributed by atoms with van der Waals surface area (Å²) in [5.74, 6) is 0.809. The number of hydrogen-bond donors (Lipinski definition) is 3. The van der Waals surface area contributed by atoms with Gasteiger partial charge >= 0.3 is 6.03 Å². The van der Waals surface area contributed by atoms with Crippen LogP contribution in [0.2, 0.25) is 0 Å². The van der Waals surface area contributed by atoms with E-state index in [1.807, 2.05) is 42.8 Å². The average molecular weight is 355 g/mol. The molecule has 3 rings (SSSR count). The molecule has 0 aliphatic carbocycles. The summed E-state index contributed by atoms with van der Waals surface area (Å²) in [7, 11) is 1.65. The molecule has 0 atom stereocenters. The maximum Gasteiger partial charge on any atom is 0.319 e. The molecule has 0 aliphatic rings. The molecule has 0 saturated carbocycles. The van der Waals surface area contributed by atoms with Crippen LogP contribution in [0.3, 0.4) is 0 Å². The second kappa shape index (κ2) is 7.51. The molecular formula is C19H25N5O2. The molecular weight excluding hydrogens is 330 g/mol. The van der Waals surface area contributed by atoms with Crippen molar-refractivity contribution < 1.29 is 9.53 Å². The predicted molar refractivity (Wildman–Crippen MR) is 103 cm³/mol. The van der Waals surface area contributed by atoms with E-state index >= 15 is 0 Å². The minimum Gasteiger partial charge on any atom is -0.497 e. The highest BCUT2D eigenvalue weighted by atomic mass is 16.5. The second-order valence-electron chi connectivity index (χ2n) is 6.32. The molecule has 0 saturated heterocycles. The van der Waals surface area contributed by atoms with Crippen molar-refractivity contribution in [3.8, 4) is 5.75 Å². The third-order valence-electron chi connectivity index (χ3n) is 4.38. The lowest BCUT2D eigenvalue weighted by Crippen LogP contribution is -2.28. The molecule has 3 N–H and O–H groups in total. The number of ether oxygens (including phenoxy) is 1. The Kier molecular flexibility index (Phi) is 5.16. The molecule has 26 heavy (non-hydrogen) atoms. The van der Waals surface area contributed by atoms with Gasteiger partial charge in [0, 0.05) is 23.1 Å². The van der Waals surface area contributed by atoms with Gasteiger partial charge in [0.15, 0.2) is 0 Å². The van der Waals surface area contributed by atoms with Crippen LogP contribution in [0.25, 0.3) is 10.9 Å². The molecule has 0 radical (unpaired) electrons. The fraction of sp³-hybridized carbons (Fsp3) is 0.368. The first-order chi connectivity index (χ1) is 12.5. The van der Waals surface area contributed by atoms with E-state index in [1.54, 1.807) is 7.11 Å². The highest BCUT2D eigenvalue weighted by molar-refractivity contribution is 5.90. The van der Waals surface area contributed by atoms with E-state index in [1.165, 1.54) is 0 Å². The minimum absolute atomic E-state index is 0.247. The molecule has 7 heteroatoms. The predicted octanol–water partition coefficient (Wildman–Crippen LogP) is 3.72. The van der Waals surface area contributed by atoms with E-state index in [-0.39, 0.29) is 6.03 Å². The number of carbonyl (C=O) groups excluding carboxylic acids is 1. The normalized spacial score (nSPS) is 10.9. The maximum absolute atomic E-state index is 12.3. The van der Waals surface area contributed by atoms with Crippen LogP contribution >= 0.6 is 0 Å². The molecule has 2 heterocycles. The Labute approximate surface area is 152 Å². The summed E-state index contributed by atoms with van der Waals surface area (Å²) < 4.78 is 7.16. The monoisotopic (exact) mass is 355 g/mol. The van der Waals surface area contributed by atoms with Crippen LogP contribution in [-0.2, 0) is 13.1 Å². The highest BCUT2D eigenvalue weighted by Gasteiger charge is 2.13. The van der Waals surface area contributed by atoms with Crippen molar-refractivity contribution in [1.29, 1.82) is 0 Å². The summed E-state index contributed by atoms with van der Waals surface area (Å²) in [5, 5.41) is 11.3. The Bertz CT molecular complexity index is 926. The quantitative estimate of drug-likeness (QED) is 0.630. The van der Waals surface area contributed by atoms with Crippen LogP contribution in [0.5, 0.6) is 5.75 Å². The fourth-order valence-corrected chi connectivity index (χ4v) is 3.03. The van der Waals surface area contributed by atoms with Crippen molar-refractivity contribution in [3.63, 3.8) is 0 Å². The van der Waals surface area contributed by atoms with E-state index in [9.17, 15) is 4.79 Å². The maximum atomic E-state index is 12.3. The number of methoxy groups -OCH3 is 1. The number of aromatic amines is 1. The molecule has 2 aromatic heterocycles. The van der Waals surface area contributed by atoms with Crippen molar-refractivity contribution in [2.24, 2.45) is 0 Å². The summed E-state index contributed by atoms with van der Waals surface area (Å²) in [6.45, 7) is 7.22. The number of fused-ring (bicyclic) bond motifs is 1. The van der Waals surface area contributed by atoms with Crippen molar-refractivity contribution >= 4 is 22.6 Å². The Balaban J connectivity index is 1.64. The number of nitrogens with one attached hydrogen (secondary N) is 3. The highest BCUT2D eigenvalue weighted by Crippen LogP contribution is 2.22. The number of H-pyrrole nitrogens is 1. The van der Waals surface area contributed by atoms with E-state index in [2.05, 4.69) is 27.6 Å². The topological polar surface area (TPSA) is 84.0 Å². The summed E-state index contributed by atoms with van der Waals surface area (Å²) in [6.07, 6.45) is 0.999. The van der Waals surface area contributed by atoms with Crippen LogP contribution in [0, 0.1) is 13.8 Å². The minimum atomic E-state index is -0.247. The summed E-state index contributed by atoms with van der Waals surface area (Å²) in [6, 6.07) is 7.59. The number of nitrogens with zero attached hydrogens (tertiary/aromatic N) is 2. The fourth-order valence-electron chi connectivity index (χ4n) is 3.03. The van der Waals surface area contributed by atoms with Crippen molar-refractivity contribution in [2.75, 3.05) is 12.4 Å². The lowest BCUT2D eigenvalue weighted by molar-refractivity contribution is 0.251. The molecule has 3 aromatic rings. The smallest absolute Gasteiger partial charge is 0.319 e. The number of aryl methyl sites for hydroxylation is 2. The van der Waals surface area contributed by atoms with Gasteiger partial charge in [-0.1, -0.05) is 6.92 Å². The third-order valence-corrected chi connectivity index (χ3v) is 4.38. The number of carbonyl (C=O) groups is 1. The van der Waals surface area contributed by atoms with E-state index in [0.717, 1.165) is 52.4 Å². The zero-order valence-corrected chi connectivity index (χ0v) is 15.6. The molecule has 1 aromatic carbocycles. The Hall–Kier alpha value is -2.96. The first kappa shape index (κ1) is 17.8. The van der Waals surface area contributed by atoms with Gasteiger partial charge in [-0.25, -0.2) is 4.79 Å². The molecule has 2 amide bonds. The first-order valence-electron chi connectivity index (χ1n) is 8.76. The largest absolute Gasteiger partial charge is 0.497 e. The molecule has 0 fully saturated rings. The van der Waals surface area contributed by atoms with Crippen molar-refractivity contribution in [1.82, 2.24) is 20.1 Å². The van der Waals surface area contributed by atoms with Crippen LogP contribution in [0.4, 0.5) is 10.5 Å². The molecule has 0 bridgehead atoms. The van der Waals surface area contributed by atoms with Crippen LogP contribution in [0.15, 0.2) is 24.3 Å². The lowest BCUT2D eigenvalue weighted by atomic mass is 10.2. The lowest BCUT2D eigenvalue weighted by Gasteiger charge is -2.08. The number of rotatable bonds is 6. The Morgan fingerprint density at radius 3 is 2.85 bits per heavy atom. The van der Waals surface area contributed by atoms with Gasteiger partial charge in [-0.05, 0) is 44.5 Å². The summed E-state index contributed by atoms with van der Waals surface area (Å²) in [4.78, 5) is 15.6. The van der Waals surface area contributed by atoms with E-state index < -0.39 is 0 Å². The number of amides is 2.